The number of imidazole rings is 1. The van der Waals surface area contributed by atoms with Crippen molar-refractivity contribution < 1.29 is 9.90 Å². The molecule has 1 aliphatic rings. The highest BCUT2D eigenvalue weighted by Crippen LogP contribution is 2.17. The van der Waals surface area contributed by atoms with Gasteiger partial charge in [-0.3, -0.25) is 4.79 Å². The lowest BCUT2D eigenvalue weighted by Gasteiger charge is -2.16. The molecule has 5 nitrogen and oxygen atoms in total. The van der Waals surface area contributed by atoms with Crippen molar-refractivity contribution >= 4 is 5.91 Å². The van der Waals surface area contributed by atoms with Crippen LogP contribution in [0, 0.1) is 0 Å². The van der Waals surface area contributed by atoms with Gasteiger partial charge in [0.1, 0.15) is 19.0 Å². The molecule has 2 N–H and O–H groups in total. The third-order valence-electron chi connectivity index (χ3n) is 3.48. The molecule has 0 aliphatic heterocycles. The number of nitrogens with one attached hydrogen (secondary N) is 1. The fourth-order valence-corrected chi connectivity index (χ4v) is 2.49. The molecule has 0 unspecified atom stereocenters. The first-order chi connectivity index (χ1) is 8.79. The van der Waals surface area contributed by atoms with Crippen LogP contribution in [0.1, 0.15) is 44.3 Å². The Bertz CT molecular complexity index is 381. The third kappa shape index (κ3) is 3.57. The van der Waals surface area contributed by atoms with E-state index in [9.17, 15) is 4.79 Å². The summed E-state index contributed by atoms with van der Waals surface area (Å²) in [5.74, 6) is 0.542. The second-order valence-corrected chi connectivity index (χ2v) is 4.89. The molecule has 1 heterocycles. The average molecular weight is 251 g/mol. The number of carbonyl (C=O) groups excluding carboxylic acids is 1. The molecule has 1 amide bonds. The zero-order chi connectivity index (χ0) is 12.8. The highest BCUT2D eigenvalue weighted by molar-refractivity contribution is 5.76. The Morgan fingerprint density at radius 3 is 2.78 bits per heavy atom. The van der Waals surface area contributed by atoms with Crippen LogP contribution < -0.4 is 5.32 Å². The minimum Gasteiger partial charge on any atom is -0.388 e. The molecule has 0 aromatic carbocycles. The summed E-state index contributed by atoms with van der Waals surface area (Å²) in [6.45, 7) is 0.107. The quantitative estimate of drug-likeness (QED) is 0.791. The molecule has 1 saturated carbocycles. The lowest BCUT2D eigenvalue weighted by Crippen LogP contribution is -2.36. The maximum Gasteiger partial charge on any atom is 0.240 e. The fraction of sp³-hybridized carbons (Fsp3) is 0.692. The van der Waals surface area contributed by atoms with Crippen molar-refractivity contribution in [2.24, 2.45) is 0 Å². The third-order valence-corrected chi connectivity index (χ3v) is 3.48. The molecule has 1 fully saturated rings. The number of amides is 1. The summed E-state index contributed by atoms with van der Waals surface area (Å²) in [6.07, 6.45) is 10.5. The molecule has 0 spiro atoms. The first kappa shape index (κ1) is 13.1. The molecule has 1 aromatic rings. The maximum absolute atomic E-state index is 11.9. The van der Waals surface area contributed by atoms with Gasteiger partial charge in [-0.25, -0.2) is 4.98 Å². The van der Waals surface area contributed by atoms with E-state index in [1.54, 1.807) is 17.0 Å². The van der Waals surface area contributed by atoms with Gasteiger partial charge in [-0.05, 0) is 12.8 Å². The van der Waals surface area contributed by atoms with Gasteiger partial charge < -0.3 is 15.0 Å². The minimum atomic E-state index is -0.135. The van der Waals surface area contributed by atoms with Crippen molar-refractivity contribution in [1.29, 1.82) is 0 Å². The lowest BCUT2D eigenvalue weighted by molar-refractivity contribution is -0.122. The molecule has 5 heteroatoms. The Kier molecular flexibility index (Phi) is 4.75. The van der Waals surface area contributed by atoms with Crippen molar-refractivity contribution in [2.45, 2.75) is 57.7 Å². The Labute approximate surface area is 107 Å². The van der Waals surface area contributed by atoms with Crippen LogP contribution >= 0.6 is 0 Å². The number of aliphatic hydroxyl groups excluding tert-OH is 1. The summed E-state index contributed by atoms with van der Waals surface area (Å²) in [5, 5.41) is 12.1. The average Bonchev–Trinajstić information content (AvgIpc) is 2.64. The van der Waals surface area contributed by atoms with Crippen molar-refractivity contribution in [3.63, 3.8) is 0 Å². The van der Waals surface area contributed by atoms with Gasteiger partial charge in [0.15, 0.2) is 0 Å². The molecule has 100 valence electrons. The largest absolute Gasteiger partial charge is 0.388 e. The number of hydrogen-bond acceptors (Lipinski definition) is 3. The van der Waals surface area contributed by atoms with Crippen LogP contribution in [-0.2, 0) is 17.9 Å². The first-order valence-electron chi connectivity index (χ1n) is 6.70. The number of aromatic nitrogens is 2. The molecular formula is C13H21N3O2. The van der Waals surface area contributed by atoms with Crippen molar-refractivity contribution in [3.8, 4) is 0 Å². The molecule has 2 rings (SSSR count). The van der Waals surface area contributed by atoms with E-state index < -0.39 is 0 Å². The minimum absolute atomic E-state index is 0.00889. The van der Waals surface area contributed by atoms with Gasteiger partial charge in [-0.15, -0.1) is 0 Å². The normalized spacial score (nSPS) is 17.4. The predicted molar refractivity (Wildman–Crippen MR) is 67.8 cm³/mol. The summed E-state index contributed by atoms with van der Waals surface area (Å²) >= 11 is 0. The van der Waals surface area contributed by atoms with Crippen molar-refractivity contribution in [2.75, 3.05) is 0 Å². The van der Waals surface area contributed by atoms with E-state index in [-0.39, 0.29) is 19.1 Å². The van der Waals surface area contributed by atoms with Crippen LogP contribution in [0.25, 0.3) is 0 Å². The number of aliphatic hydroxyl groups is 1. The fourth-order valence-electron chi connectivity index (χ4n) is 2.49. The van der Waals surface area contributed by atoms with E-state index in [0.29, 0.717) is 11.9 Å². The van der Waals surface area contributed by atoms with Crippen molar-refractivity contribution in [3.05, 3.63) is 18.2 Å². The van der Waals surface area contributed by atoms with Crippen LogP contribution in [0.2, 0.25) is 0 Å². The molecule has 0 radical (unpaired) electrons. The van der Waals surface area contributed by atoms with Crippen LogP contribution in [-0.4, -0.2) is 26.6 Å². The van der Waals surface area contributed by atoms with Gasteiger partial charge in [-0.1, -0.05) is 25.7 Å². The Morgan fingerprint density at radius 1 is 1.39 bits per heavy atom. The summed E-state index contributed by atoms with van der Waals surface area (Å²) in [7, 11) is 0. The van der Waals surface area contributed by atoms with Crippen LogP contribution in [0.3, 0.4) is 0 Å². The van der Waals surface area contributed by atoms with E-state index in [1.165, 1.54) is 25.7 Å². The summed E-state index contributed by atoms with van der Waals surface area (Å²) in [4.78, 5) is 15.9. The number of rotatable bonds is 4. The number of nitrogens with zero attached hydrogens (tertiary/aromatic N) is 2. The molecular weight excluding hydrogens is 230 g/mol. The maximum atomic E-state index is 11.9. The Morgan fingerprint density at radius 2 is 2.11 bits per heavy atom. The van der Waals surface area contributed by atoms with Gasteiger partial charge in [0.05, 0.1) is 0 Å². The summed E-state index contributed by atoms with van der Waals surface area (Å²) in [5.41, 5.74) is 0. The van der Waals surface area contributed by atoms with Crippen LogP contribution in [0.15, 0.2) is 12.4 Å². The lowest BCUT2D eigenvalue weighted by atomic mass is 10.1. The van der Waals surface area contributed by atoms with E-state index in [1.807, 2.05) is 0 Å². The monoisotopic (exact) mass is 251 g/mol. The summed E-state index contributed by atoms with van der Waals surface area (Å²) < 4.78 is 1.69. The van der Waals surface area contributed by atoms with E-state index >= 15 is 0 Å². The smallest absolute Gasteiger partial charge is 0.240 e. The van der Waals surface area contributed by atoms with Gasteiger partial charge in [0.25, 0.3) is 0 Å². The molecule has 1 aliphatic carbocycles. The SMILES string of the molecule is O=C(Cn1ccnc1CO)NC1CCCCCC1. The molecule has 0 bridgehead atoms. The first-order valence-corrected chi connectivity index (χ1v) is 6.70. The van der Waals surface area contributed by atoms with Gasteiger partial charge >= 0.3 is 0 Å². The highest BCUT2D eigenvalue weighted by Gasteiger charge is 2.15. The number of hydrogen-bond donors (Lipinski definition) is 2. The molecule has 1 aromatic heterocycles. The second kappa shape index (κ2) is 6.54. The van der Waals surface area contributed by atoms with Crippen molar-refractivity contribution in [1.82, 2.24) is 14.9 Å². The Balaban J connectivity index is 1.84. The van der Waals surface area contributed by atoms with Crippen LogP contribution in [0.5, 0.6) is 0 Å². The molecule has 18 heavy (non-hydrogen) atoms. The van der Waals surface area contributed by atoms with Crippen LogP contribution in [0.4, 0.5) is 0 Å². The number of carbonyl (C=O) groups is 1. The van der Waals surface area contributed by atoms with Gasteiger partial charge in [-0.2, -0.15) is 0 Å². The zero-order valence-corrected chi connectivity index (χ0v) is 10.6. The van der Waals surface area contributed by atoms with Gasteiger partial charge in [0.2, 0.25) is 5.91 Å². The van der Waals surface area contributed by atoms with E-state index in [0.717, 1.165) is 12.8 Å². The molecule has 0 atom stereocenters. The highest BCUT2D eigenvalue weighted by atomic mass is 16.3. The topological polar surface area (TPSA) is 67.2 Å². The predicted octanol–water partition coefficient (Wildman–Crippen LogP) is 1.21. The molecule has 0 saturated heterocycles. The Hall–Kier alpha value is -1.36. The van der Waals surface area contributed by atoms with E-state index in [2.05, 4.69) is 10.3 Å². The standard InChI is InChI=1S/C13H21N3O2/c17-10-12-14-7-8-16(12)9-13(18)15-11-5-3-1-2-4-6-11/h7-8,11,17H,1-6,9-10H2,(H,15,18). The van der Waals surface area contributed by atoms with E-state index in [4.69, 9.17) is 5.11 Å². The zero-order valence-electron chi connectivity index (χ0n) is 10.6. The second-order valence-electron chi connectivity index (χ2n) is 4.89. The summed E-state index contributed by atoms with van der Waals surface area (Å²) in [6, 6.07) is 0.320. The van der Waals surface area contributed by atoms with Gasteiger partial charge in [0, 0.05) is 18.4 Å².